The third-order valence-electron chi connectivity index (χ3n) is 2.25. The molecule has 5 nitrogen and oxygen atoms in total. The molecule has 0 amide bonds. The van der Waals surface area contributed by atoms with E-state index in [-0.39, 0.29) is 10.7 Å². The number of nitrogens with one attached hydrogen (secondary N) is 1. The van der Waals surface area contributed by atoms with Gasteiger partial charge in [0.25, 0.3) is 5.69 Å². The first-order valence-electron chi connectivity index (χ1n) is 4.66. The number of aromatic nitrogens is 2. The predicted octanol–water partition coefficient (Wildman–Crippen LogP) is 3.36. The summed E-state index contributed by atoms with van der Waals surface area (Å²) in [7, 11) is 0. The Morgan fingerprint density at radius 2 is 2.29 bits per heavy atom. The summed E-state index contributed by atoms with van der Waals surface area (Å²) >= 11 is 7.31. The fourth-order valence-electron chi connectivity index (χ4n) is 1.52. The van der Waals surface area contributed by atoms with Crippen LogP contribution in [0.25, 0.3) is 11.3 Å². The van der Waals surface area contributed by atoms with E-state index in [9.17, 15) is 10.1 Å². The molecule has 0 saturated heterocycles. The molecule has 1 N–H and O–H groups in total. The molecular weight excluding hydrogens is 262 g/mol. The van der Waals surface area contributed by atoms with Crippen LogP contribution in [0.4, 0.5) is 5.69 Å². The second-order valence-corrected chi connectivity index (χ2v) is 4.45. The average molecular weight is 270 g/mol. The summed E-state index contributed by atoms with van der Waals surface area (Å²) < 4.78 is 0. The lowest BCUT2D eigenvalue weighted by atomic mass is 10.1. The number of benzene rings is 1. The van der Waals surface area contributed by atoms with Crippen molar-refractivity contribution in [2.75, 3.05) is 6.26 Å². The molecular formula is C10H8ClN3O2S. The first-order chi connectivity index (χ1) is 8.15. The minimum absolute atomic E-state index is 0.113. The van der Waals surface area contributed by atoms with E-state index in [1.165, 1.54) is 17.8 Å². The molecule has 88 valence electrons. The van der Waals surface area contributed by atoms with Gasteiger partial charge in [0.2, 0.25) is 0 Å². The lowest BCUT2D eigenvalue weighted by molar-refractivity contribution is -0.384. The van der Waals surface area contributed by atoms with Crippen molar-refractivity contribution in [3.8, 4) is 11.3 Å². The van der Waals surface area contributed by atoms with Crippen molar-refractivity contribution < 1.29 is 4.92 Å². The lowest BCUT2D eigenvalue weighted by Crippen LogP contribution is -1.94. The first kappa shape index (κ1) is 11.9. The maximum absolute atomic E-state index is 11.0. The molecule has 0 radical (unpaired) electrons. The van der Waals surface area contributed by atoms with E-state index in [0.29, 0.717) is 11.3 Å². The van der Waals surface area contributed by atoms with E-state index in [2.05, 4.69) is 10.2 Å². The van der Waals surface area contributed by atoms with Crippen molar-refractivity contribution in [1.82, 2.24) is 10.2 Å². The zero-order valence-corrected chi connectivity index (χ0v) is 10.4. The van der Waals surface area contributed by atoms with Crippen LogP contribution in [0.2, 0.25) is 5.02 Å². The third-order valence-corrected chi connectivity index (χ3v) is 3.31. The first-order valence-corrected chi connectivity index (χ1v) is 6.26. The Bertz CT molecular complexity index is 570. The second kappa shape index (κ2) is 4.77. The molecule has 0 saturated carbocycles. The Morgan fingerprint density at radius 1 is 1.53 bits per heavy atom. The van der Waals surface area contributed by atoms with Gasteiger partial charge in [0.05, 0.1) is 15.4 Å². The topological polar surface area (TPSA) is 71.8 Å². The summed E-state index contributed by atoms with van der Waals surface area (Å²) in [4.78, 5) is 11.4. The molecule has 2 aromatic rings. The number of halogens is 1. The van der Waals surface area contributed by atoms with E-state index in [1.54, 1.807) is 18.3 Å². The van der Waals surface area contributed by atoms with Crippen LogP contribution in [0.15, 0.2) is 29.3 Å². The number of rotatable bonds is 3. The SMILES string of the molecule is CSc1c[nH]nc1-c1cccc(Cl)c1[N+](=O)[O-]. The maximum Gasteiger partial charge on any atom is 0.297 e. The van der Waals surface area contributed by atoms with E-state index in [1.807, 2.05) is 6.26 Å². The molecule has 7 heteroatoms. The van der Waals surface area contributed by atoms with E-state index < -0.39 is 4.92 Å². The van der Waals surface area contributed by atoms with Gasteiger partial charge in [-0.15, -0.1) is 11.8 Å². The van der Waals surface area contributed by atoms with Crippen LogP contribution >= 0.6 is 23.4 Å². The molecule has 0 unspecified atom stereocenters. The van der Waals surface area contributed by atoms with Gasteiger partial charge in [-0.05, 0) is 18.4 Å². The molecule has 0 aliphatic rings. The highest BCUT2D eigenvalue weighted by Gasteiger charge is 2.22. The van der Waals surface area contributed by atoms with Crippen molar-refractivity contribution in [3.05, 3.63) is 39.5 Å². The highest BCUT2D eigenvalue weighted by Crippen LogP contribution is 2.38. The molecule has 1 aromatic heterocycles. The quantitative estimate of drug-likeness (QED) is 0.527. The number of aromatic amines is 1. The van der Waals surface area contributed by atoms with Gasteiger partial charge in [-0.25, -0.2) is 0 Å². The van der Waals surface area contributed by atoms with Crippen molar-refractivity contribution in [1.29, 1.82) is 0 Å². The van der Waals surface area contributed by atoms with Crippen LogP contribution < -0.4 is 0 Å². The molecule has 0 bridgehead atoms. The van der Waals surface area contributed by atoms with Crippen LogP contribution in [-0.2, 0) is 0 Å². The molecule has 0 atom stereocenters. The van der Waals surface area contributed by atoms with Gasteiger partial charge in [-0.2, -0.15) is 5.10 Å². The average Bonchev–Trinajstić information content (AvgIpc) is 2.75. The minimum atomic E-state index is -0.490. The molecule has 0 fully saturated rings. The van der Waals surface area contributed by atoms with Crippen molar-refractivity contribution in [2.24, 2.45) is 0 Å². The highest BCUT2D eigenvalue weighted by atomic mass is 35.5. The van der Waals surface area contributed by atoms with Crippen LogP contribution in [0.3, 0.4) is 0 Å². The zero-order valence-electron chi connectivity index (χ0n) is 8.81. The van der Waals surface area contributed by atoms with Crippen molar-refractivity contribution >= 4 is 29.1 Å². The van der Waals surface area contributed by atoms with Gasteiger partial charge >= 0.3 is 0 Å². The van der Waals surface area contributed by atoms with Gasteiger partial charge < -0.3 is 0 Å². The summed E-state index contributed by atoms with van der Waals surface area (Å²) in [6.07, 6.45) is 3.58. The molecule has 1 aromatic carbocycles. The Balaban J connectivity index is 2.67. The monoisotopic (exact) mass is 269 g/mol. The molecule has 17 heavy (non-hydrogen) atoms. The Hall–Kier alpha value is -1.53. The Morgan fingerprint density at radius 3 is 2.94 bits per heavy atom. The number of para-hydroxylation sites is 1. The number of nitro groups is 1. The summed E-state index contributed by atoms with van der Waals surface area (Å²) in [6.45, 7) is 0. The largest absolute Gasteiger partial charge is 0.297 e. The lowest BCUT2D eigenvalue weighted by Gasteiger charge is -2.02. The number of nitrogens with zero attached hydrogens (tertiary/aromatic N) is 2. The number of H-pyrrole nitrogens is 1. The predicted molar refractivity (Wildman–Crippen MR) is 67.5 cm³/mol. The molecule has 0 spiro atoms. The number of thioether (sulfide) groups is 1. The number of hydrogen-bond acceptors (Lipinski definition) is 4. The van der Waals surface area contributed by atoms with Gasteiger partial charge in [-0.3, -0.25) is 15.2 Å². The summed E-state index contributed by atoms with van der Waals surface area (Å²) in [5.74, 6) is 0. The highest BCUT2D eigenvalue weighted by molar-refractivity contribution is 7.98. The van der Waals surface area contributed by atoms with Crippen molar-refractivity contribution in [3.63, 3.8) is 0 Å². The summed E-state index contributed by atoms with van der Waals surface area (Å²) in [5.41, 5.74) is 0.858. The second-order valence-electron chi connectivity index (χ2n) is 3.20. The molecule has 0 aliphatic heterocycles. The van der Waals surface area contributed by atoms with E-state index in [4.69, 9.17) is 11.6 Å². The zero-order chi connectivity index (χ0) is 12.4. The van der Waals surface area contributed by atoms with Gasteiger partial charge in [0, 0.05) is 6.20 Å². The minimum Gasteiger partial charge on any atom is -0.284 e. The Labute approximate surface area is 106 Å². The normalized spacial score (nSPS) is 10.5. The van der Waals surface area contributed by atoms with Gasteiger partial charge in [0.15, 0.2) is 0 Å². The fourth-order valence-corrected chi connectivity index (χ4v) is 2.28. The fraction of sp³-hybridized carbons (Fsp3) is 0.100. The van der Waals surface area contributed by atoms with Crippen LogP contribution in [-0.4, -0.2) is 21.4 Å². The van der Waals surface area contributed by atoms with Crippen molar-refractivity contribution in [2.45, 2.75) is 4.90 Å². The summed E-state index contributed by atoms with van der Waals surface area (Å²) in [6, 6.07) is 4.80. The third kappa shape index (κ3) is 2.13. The smallest absolute Gasteiger partial charge is 0.284 e. The van der Waals surface area contributed by atoms with Crippen LogP contribution in [0, 0.1) is 10.1 Å². The van der Waals surface area contributed by atoms with Gasteiger partial charge in [0.1, 0.15) is 10.7 Å². The van der Waals surface area contributed by atoms with E-state index >= 15 is 0 Å². The standard InChI is InChI=1S/C10H8ClN3O2S/c1-17-8-5-12-13-9(8)6-3-2-4-7(11)10(6)14(15)16/h2-5H,1H3,(H,12,13). The number of hydrogen-bond donors (Lipinski definition) is 1. The molecule has 2 rings (SSSR count). The van der Waals surface area contributed by atoms with E-state index in [0.717, 1.165) is 4.90 Å². The van der Waals surface area contributed by atoms with Crippen LogP contribution in [0.1, 0.15) is 0 Å². The maximum atomic E-state index is 11.0. The van der Waals surface area contributed by atoms with Crippen LogP contribution in [0.5, 0.6) is 0 Å². The summed E-state index contributed by atoms with van der Waals surface area (Å²) in [5, 5.41) is 17.9. The number of nitro benzene ring substituents is 1. The van der Waals surface area contributed by atoms with Gasteiger partial charge in [-0.1, -0.05) is 17.7 Å². The molecule has 0 aliphatic carbocycles. The molecule has 1 heterocycles. The Kier molecular flexibility index (Phi) is 3.35.